The first-order valence-corrected chi connectivity index (χ1v) is 6.97. The Bertz CT molecular complexity index is 1040. The van der Waals surface area contributed by atoms with Crippen LogP contribution in [0.3, 0.4) is 0 Å². The minimum atomic E-state index is -2.03. The Morgan fingerprint density at radius 3 is 0.929 bits per heavy atom. The van der Waals surface area contributed by atoms with Gasteiger partial charge in [-0.3, -0.25) is 0 Å². The van der Waals surface area contributed by atoms with Gasteiger partial charge in [-0.1, -0.05) is 0 Å². The predicted octanol–water partition coefficient (Wildman–Crippen LogP) is 1.03. The maximum Gasteiger partial charge on any atom is 0.337 e. The first-order valence-electron chi connectivity index (χ1n) is 6.97. The number of hydrogen-bond donors (Lipinski definition) is 6. The fourth-order valence-electron chi connectivity index (χ4n) is 2.76. The predicted molar refractivity (Wildman–Crippen MR) is 85.7 cm³/mol. The number of aromatic carboxylic acids is 6. The fraction of sp³-hybridized carbons (Fsp3) is 0. The largest absolute Gasteiger partial charge is 0.478 e. The monoisotopic (exact) mass is 392 g/mol. The van der Waals surface area contributed by atoms with E-state index < -0.39 is 80.0 Å². The van der Waals surface area contributed by atoms with Gasteiger partial charge >= 0.3 is 35.8 Å². The van der Waals surface area contributed by atoms with E-state index in [1.165, 1.54) is 0 Å². The van der Waals surface area contributed by atoms with Crippen LogP contribution in [0.25, 0.3) is 10.8 Å². The SMILES string of the molecule is O=C(O)c1cc(C(=O)O)c2c(C(=O)O)cc(C(=O)O)c(C(=O)O)c2c1C(=O)O. The highest BCUT2D eigenvalue weighted by atomic mass is 16.4. The Labute approximate surface area is 152 Å². The van der Waals surface area contributed by atoms with Gasteiger partial charge in [-0.15, -0.1) is 0 Å². The van der Waals surface area contributed by atoms with Crippen LogP contribution in [0.1, 0.15) is 62.1 Å². The van der Waals surface area contributed by atoms with Crippen molar-refractivity contribution in [3.05, 3.63) is 45.5 Å². The highest BCUT2D eigenvalue weighted by Gasteiger charge is 2.33. The second-order valence-corrected chi connectivity index (χ2v) is 5.27. The van der Waals surface area contributed by atoms with Gasteiger partial charge in [0.05, 0.1) is 33.4 Å². The molecule has 12 heteroatoms. The van der Waals surface area contributed by atoms with E-state index in [2.05, 4.69) is 0 Å². The Balaban J connectivity index is 3.48. The number of benzene rings is 2. The van der Waals surface area contributed by atoms with Crippen molar-refractivity contribution in [2.45, 2.75) is 0 Å². The van der Waals surface area contributed by atoms with Crippen LogP contribution in [0.4, 0.5) is 0 Å². The molecule has 144 valence electrons. The van der Waals surface area contributed by atoms with Crippen LogP contribution in [0, 0.1) is 0 Å². The highest BCUT2D eigenvalue weighted by molar-refractivity contribution is 6.26. The van der Waals surface area contributed by atoms with Gasteiger partial charge in [-0.05, 0) is 12.1 Å². The zero-order valence-corrected chi connectivity index (χ0v) is 13.3. The summed E-state index contributed by atoms with van der Waals surface area (Å²) in [5.41, 5.74) is -6.85. The van der Waals surface area contributed by atoms with Gasteiger partial charge < -0.3 is 30.6 Å². The van der Waals surface area contributed by atoms with Crippen LogP contribution in [-0.2, 0) is 0 Å². The van der Waals surface area contributed by atoms with Crippen molar-refractivity contribution in [1.29, 1.82) is 0 Å². The van der Waals surface area contributed by atoms with Gasteiger partial charge in [0.15, 0.2) is 0 Å². The molecule has 0 aliphatic carbocycles. The second-order valence-electron chi connectivity index (χ2n) is 5.27. The molecule has 12 nitrogen and oxygen atoms in total. The Morgan fingerprint density at radius 2 is 0.714 bits per heavy atom. The van der Waals surface area contributed by atoms with Gasteiger partial charge in [-0.25, -0.2) is 28.8 Å². The quantitative estimate of drug-likeness (QED) is 0.405. The molecule has 2 rings (SSSR count). The summed E-state index contributed by atoms with van der Waals surface area (Å²) < 4.78 is 0. The lowest BCUT2D eigenvalue weighted by Gasteiger charge is -2.16. The van der Waals surface area contributed by atoms with Gasteiger partial charge in [-0.2, -0.15) is 0 Å². The molecule has 0 atom stereocenters. The molecule has 6 N–H and O–H groups in total. The lowest BCUT2D eigenvalue weighted by atomic mass is 9.86. The lowest BCUT2D eigenvalue weighted by Crippen LogP contribution is -2.19. The third kappa shape index (κ3) is 2.94. The Hall–Kier alpha value is -4.48. The summed E-state index contributed by atoms with van der Waals surface area (Å²) in [7, 11) is 0. The van der Waals surface area contributed by atoms with E-state index in [-0.39, 0.29) is 0 Å². The average Bonchev–Trinajstić information content (AvgIpc) is 2.57. The van der Waals surface area contributed by atoms with Crippen molar-refractivity contribution in [3.8, 4) is 0 Å². The molecule has 0 aliphatic heterocycles. The van der Waals surface area contributed by atoms with E-state index >= 15 is 0 Å². The van der Waals surface area contributed by atoms with Crippen molar-refractivity contribution >= 4 is 46.6 Å². The molecule has 0 bridgehead atoms. The summed E-state index contributed by atoms with van der Waals surface area (Å²) in [6.45, 7) is 0. The summed E-state index contributed by atoms with van der Waals surface area (Å²) >= 11 is 0. The summed E-state index contributed by atoms with van der Waals surface area (Å²) in [4.78, 5) is 69.3. The number of hydrogen-bond acceptors (Lipinski definition) is 6. The zero-order valence-electron chi connectivity index (χ0n) is 13.3. The molecule has 0 radical (unpaired) electrons. The molecule has 0 saturated heterocycles. The molecule has 0 unspecified atom stereocenters. The van der Waals surface area contributed by atoms with Gasteiger partial charge in [0, 0.05) is 10.8 Å². The maximum atomic E-state index is 11.7. The smallest absolute Gasteiger partial charge is 0.337 e. The molecule has 0 aromatic heterocycles. The molecule has 2 aromatic rings. The van der Waals surface area contributed by atoms with Crippen LogP contribution in [0.15, 0.2) is 12.1 Å². The molecule has 0 aliphatic rings. The minimum Gasteiger partial charge on any atom is -0.478 e. The molecule has 28 heavy (non-hydrogen) atoms. The zero-order chi connectivity index (χ0) is 21.5. The van der Waals surface area contributed by atoms with E-state index in [9.17, 15) is 59.4 Å². The summed E-state index contributed by atoms with van der Waals surface area (Å²) in [6, 6.07) is 0.740. The molecule has 0 saturated carbocycles. The summed E-state index contributed by atoms with van der Waals surface area (Å²) in [6.07, 6.45) is 0. The Morgan fingerprint density at radius 1 is 0.429 bits per heavy atom. The lowest BCUT2D eigenvalue weighted by molar-refractivity contribution is 0.0644. The van der Waals surface area contributed by atoms with E-state index in [4.69, 9.17) is 0 Å². The number of carboxylic acids is 6. The average molecular weight is 392 g/mol. The summed E-state index contributed by atoms with van der Waals surface area (Å²) in [5, 5.41) is 53.9. The number of fused-ring (bicyclic) bond motifs is 1. The standard InChI is InChI=1S/C16H8O12/c17-11(18)3-1-5(13(21)22)8(15(25)26)10-7(3)4(12(19)20)2-6(14(23)24)9(10)16(27)28/h1-2H,(H,17,18)(H,19,20)(H,21,22)(H,23,24)(H,25,26)(H,27,28). The normalized spacial score (nSPS) is 10.4. The minimum absolute atomic E-state index is 0.370. The third-order valence-electron chi connectivity index (χ3n) is 3.75. The van der Waals surface area contributed by atoms with Crippen molar-refractivity contribution in [3.63, 3.8) is 0 Å². The number of carbonyl (C=O) groups is 6. The number of carboxylic acid groups (broad SMARTS) is 6. The van der Waals surface area contributed by atoms with E-state index in [1.54, 1.807) is 0 Å². The fourth-order valence-corrected chi connectivity index (χ4v) is 2.76. The van der Waals surface area contributed by atoms with E-state index in [0.29, 0.717) is 12.1 Å². The highest BCUT2D eigenvalue weighted by Crippen LogP contribution is 2.35. The first kappa shape index (κ1) is 19.8. The molecular formula is C16H8O12. The second kappa shape index (κ2) is 6.68. The van der Waals surface area contributed by atoms with E-state index in [0.717, 1.165) is 0 Å². The van der Waals surface area contributed by atoms with Crippen molar-refractivity contribution in [2.75, 3.05) is 0 Å². The molecular weight excluding hydrogens is 384 g/mol. The topological polar surface area (TPSA) is 224 Å². The van der Waals surface area contributed by atoms with Crippen LogP contribution < -0.4 is 0 Å². The van der Waals surface area contributed by atoms with Gasteiger partial charge in [0.1, 0.15) is 0 Å². The molecule has 0 heterocycles. The maximum absolute atomic E-state index is 11.7. The third-order valence-corrected chi connectivity index (χ3v) is 3.75. The van der Waals surface area contributed by atoms with Crippen LogP contribution in [0.5, 0.6) is 0 Å². The van der Waals surface area contributed by atoms with Crippen molar-refractivity contribution in [1.82, 2.24) is 0 Å². The molecule has 0 amide bonds. The molecule has 0 fully saturated rings. The first-order chi connectivity index (χ1) is 12.9. The van der Waals surface area contributed by atoms with Gasteiger partial charge in [0.2, 0.25) is 0 Å². The number of rotatable bonds is 6. The van der Waals surface area contributed by atoms with Crippen LogP contribution in [0.2, 0.25) is 0 Å². The summed E-state index contributed by atoms with van der Waals surface area (Å²) in [5.74, 6) is -11.7. The Kier molecular flexibility index (Phi) is 4.73. The van der Waals surface area contributed by atoms with Gasteiger partial charge in [0.25, 0.3) is 0 Å². The van der Waals surface area contributed by atoms with E-state index in [1.807, 2.05) is 0 Å². The molecule has 0 spiro atoms. The van der Waals surface area contributed by atoms with Crippen molar-refractivity contribution in [2.24, 2.45) is 0 Å². The van der Waals surface area contributed by atoms with Crippen LogP contribution in [-0.4, -0.2) is 66.5 Å². The van der Waals surface area contributed by atoms with Crippen LogP contribution >= 0.6 is 0 Å². The molecule has 2 aromatic carbocycles. The van der Waals surface area contributed by atoms with Crippen molar-refractivity contribution < 1.29 is 59.4 Å².